The summed E-state index contributed by atoms with van der Waals surface area (Å²) in [4.78, 5) is 49.1. The van der Waals surface area contributed by atoms with E-state index in [4.69, 9.17) is 25.8 Å². The number of carbonyl (C=O) groups is 3. The Bertz CT molecular complexity index is 1850. The van der Waals surface area contributed by atoms with Gasteiger partial charge >= 0.3 is 0 Å². The van der Waals surface area contributed by atoms with E-state index >= 15 is 0 Å². The maximum atomic E-state index is 13.3. The van der Waals surface area contributed by atoms with Crippen molar-refractivity contribution in [2.24, 2.45) is 0 Å². The lowest BCUT2D eigenvalue weighted by Gasteiger charge is -2.47. The molecule has 0 radical (unpaired) electrons. The predicted molar refractivity (Wildman–Crippen MR) is 222 cm³/mol. The second-order valence-corrected chi connectivity index (χ2v) is 16.8. The zero-order valence-electron chi connectivity index (χ0n) is 33.7. The molecule has 12 nitrogen and oxygen atoms in total. The van der Waals surface area contributed by atoms with Gasteiger partial charge in [0.1, 0.15) is 17.1 Å². The molecule has 1 spiro atoms. The van der Waals surface area contributed by atoms with Crippen LogP contribution in [0.15, 0.2) is 35.7 Å². The van der Waals surface area contributed by atoms with Crippen LogP contribution in [0.1, 0.15) is 97.9 Å². The molecule has 1 aromatic heterocycles. The lowest BCUT2D eigenvalue weighted by Crippen LogP contribution is -2.58. The summed E-state index contributed by atoms with van der Waals surface area (Å²) in [5, 5.41) is 16.5. The number of anilines is 1. The van der Waals surface area contributed by atoms with Crippen molar-refractivity contribution in [2.75, 3.05) is 64.5 Å². The molecule has 0 unspecified atom stereocenters. The van der Waals surface area contributed by atoms with Crippen LogP contribution in [0.3, 0.4) is 0 Å². The maximum absolute atomic E-state index is 13.3. The third-order valence-electron chi connectivity index (χ3n) is 11.5. The highest BCUT2D eigenvalue weighted by atomic mass is 35.5. The standard InChI is InChI=1S/C43H58ClN5O7S/c1-4-30(3)49(19-8-6-7-10-32-13-14-35(50)40-41(32)55-27-36(51)46-40)38(52)16-24-54-23-15-31-11-9-12-33(39(31)44)26-47-20-17-43(18-21-47)29-48(22-25-56-43)42(53)34-28-57-37(5-2)45-34/h9,11-14,28,30,50H,4-8,10,15-27,29H2,1-3H3,(H,46,51)/t30-/m1/s1. The molecule has 3 aromatic rings. The molecule has 2 N–H and O–H groups in total. The number of piperidine rings is 1. The fraction of sp³-hybridized carbons (Fsp3) is 0.581. The van der Waals surface area contributed by atoms with Crippen LogP contribution < -0.4 is 10.1 Å². The van der Waals surface area contributed by atoms with Gasteiger partial charge in [-0.2, -0.15) is 0 Å². The van der Waals surface area contributed by atoms with Crippen molar-refractivity contribution >= 4 is 46.3 Å². The van der Waals surface area contributed by atoms with Gasteiger partial charge in [-0.15, -0.1) is 11.3 Å². The number of aromatic hydroxyl groups is 1. The van der Waals surface area contributed by atoms with Gasteiger partial charge in [0.15, 0.2) is 12.4 Å². The van der Waals surface area contributed by atoms with Crippen LogP contribution in [0.2, 0.25) is 5.02 Å². The molecule has 3 aliphatic rings. The number of nitrogens with one attached hydrogen (secondary N) is 1. The van der Waals surface area contributed by atoms with Crippen molar-refractivity contribution in [1.82, 2.24) is 19.7 Å². The van der Waals surface area contributed by atoms with Crippen molar-refractivity contribution in [3.63, 3.8) is 0 Å². The molecule has 6 rings (SSSR count). The number of unbranched alkanes of at least 4 members (excludes halogenated alkanes) is 2. The number of rotatable bonds is 18. The zero-order chi connectivity index (χ0) is 40.4. The number of fused-ring (bicyclic) bond motifs is 1. The maximum Gasteiger partial charge on any atom is 0.273 e. The van der Waals surface area contributed by atoms with E-state index in [0.717, 1.165) is 97.7 Å². The van der Waals surface area contributed by atoms with Crippen molar-refractivity contribution in [3.05, 3.63) is 68.1 Å². The minimum Gasteiger partial charge on any atom is -0.506 e. The Balaban J connectivity index is 0.896. The van der Waals surface area contributed by atoms with Crippen molar-refractivity contribution < 1.29 is 33.7 Å². The minimum atomic E-state index is -0.321. The highest BCUT2D eigenvalue weighted by Gasteiger charge is 2.41. The van der Waals surface area contributed by atoms with Crippen LogP contribution in [0, 0.1) is 0 Å². The Morgan fingerprint density at radius 3 is 2.65 bits per heavy atom. The molecule has 0 saturated carbocycles. The van der Waals surface area contributed by atoms with Gasteiger partial charge in [0.25, 0.3) is 11.8 Å². The Morgan fingerprint density at radius 2 is 1.88 bits per heavy atom. The van der Waals surface area contributed by atoms with Crippen molar-refractivity contribution in [2.45, 2.75) is 103 Å². The average molecular weight is 824 g/mol. The number of hydrogen-bond donors (Lipinski definition) is 2. The molecule has 3 aliphatic heterocycles. The normalized spacial score (nSPS) is 17.2. The number of hydrogen-bond acceptors (Lipinski definition) is 10. The largest absolute Gasteiger partial charge is 0.506 e. The lowest BCUT2D eigenvalue weighted by atomic mass is 9.89. The number of halogens is 1. The number of aromatic nitrogens is 1. The van der Waals surface area contributed by atoms with Gasteiger partial charge in [-0.05, 0) is 81.0 Å². The summed E-state index contributed by atoms with van der Waals surface area (Å²) in [6.07, 6.45) is 7.88. The minimum absolute atomic E-state index is 0.00226. The fourth-order valence-corrected chi connectivity index (χ4v) is 8.95. The Kier molecular flexibility index (Phi) is 15.2. The van der Waals surface area contributed by atoms with Gasteiger partial charge in [-0.1, -0.05) is 56.1 Å². The Labute approximate surface area is 345 Å². The van der Waals surface area contributed by atoms with E-state index in [1.165, 1.54) is 0 Å². The molecule has 0 aliphatic carbocycles. The van der Waals surface area contributed by atoms with Crippen molar-refractivity contribution in [3.8, 4) is 11.5 Å². The topological polar surface area (TPSA) is 134 Å². The second-order valence-electron chi connectivity index (χ2n) is 15.5. The SMILES string of the molecule is CCc1nc(C(=O)N2CCOC3(CCN(Cc4cccc(CCOCCC(=O)N(CCCCCc5ccc(O)c6c5OCC(=O)N6)[C@H](C)CC)c4Cl)CC3)C2)cs1. The molecule has 2 aromatic carbocycles. The number of likely N-dealkylation sites (tertiary alicyclic amines) is 1. The van der Waals surface area contributed by atoms with Crippen LogP contribution in [0.5, 0.6) is 11.5 Å². The third-order valence-corrected chi connectivity index (χ3v) is 13.0. The highest BCUT2D eigenvalue weighted by molar-refractivity contribution is 7.09. The number of thiazole rings is 1. The number of amides is 3. The molecule has 3 amide bonds. The van der Waals surface area contributed by atoms with Crippen molar-refractivity contribution in [1.29, 1.82) is 0 Å². The molecular weight excluding hydrogens is 766 g/mol. The van der Waals surface area contributed by atoms with E-state index in [0.29, 0.717) is 69.4 Å². The number of phenols is 1. The molecule has 1 atom stereocenters. The van der Waals surface area contributed by atoms with E-state index in [1.54, 1.807) is 17.4 Å². The van der Waals surface area contributed by atoms with E-state index in [-0.39, 0.29) is 41.7 Å². The van der Waals surface area contributed by atoms with E-state index in [9.17, 15) is 19.5 Å². The number of phenolic OH excluding ortho intramolecular Hbond substituents is 1. The fourth-order valence-electron chi connectivity index (χ4n) is 7.95. The van der Waals surface area contributed by atoms with Gasteiger partial charge in [0.05, 0.1) is 43.4 Å². The number of benzene rings is 2. The molecule has 4 heterocycles. The Hall–Kier alpha value is -3.75. The summed E-state index contributed by atoms with van der Waals surface area (Å²) in [7, 11) is 0. The quantitative estimate of drug-likeness (QED) is 0.104. The first kappa shape index (κ1) is 42.8. The van der Waals surface area contributed by atoms with E-state index in [2.05, 4.69) is 48.1 Å². The van der Waals surface area contributed by atoms with Crippen LogP contribution in [-0.4, -0.2) is 113 Å². The van der Waals surface area contributed by atoms with Gasteiger partial charge < -0.3 is 34.4 Å². The van der Waals surface area contributed by atoms with E-state index in [1.807, 2.05) is 27.3 Å². The molecule has 310 valence electrons. The lowest BCUT2D eigenvalue weighted by molar-refractivity contribution is -0.134. The Morgan fingerprint density at radius 1 is 1.07 bits per heavy atom. The van der Waals surface area contributed by atoms with Gasteiger partial charge in [0.2, 0.25) is 5.91 Å². The van der Waals surface area contributed by atoms with Gasteiger partial charge in [-0.25, -0.2) is 4.98 Å². The predicted octanol–water partition coefficient (Wildman–Crippen LogP) is 6.89. The molecule has 57 heavy (non-hydrogen) atoms. The first-order chi connectivity index (χ1) is 27.6. The van der Waals surface area contributed by atoms with Gasteiger partial charge in [-0.3, -0.25) is 19.3 Å². The number of nitrogens with zero attached hydrogens (tertiary/aromatic N) is 4. The first-order valence-electron chi connectivity index (χ1n) is 20.6. The summed E-state index contributed by atoms with van der Waals surface area (Å²) in [6, 6.07) is 9.76. The molecule has 14 heteroatoms. The van der Waals surface area contributed by atoms with Crippen LogP contribution in [-0.2, 0) is 44.9 Å². The summed E-state index contributed by atoms with van der Waals surface area (Å²) < 4.78 is 17.9. The average Bonchev–Trinajstić information content (AvgIpc) is 3.71. The third kappa shape index (κ3) is 11.1. The van der Waals surface area contributed by atoms with E-state index < -0.39 is 0 Å². The summed E-state index contributed by atoms with van der Waals surface area (Å²) in [6.45, 7) is 11.9. The number of morpholine rings is 1. The summed E-state index contributed by atoms with van der Waals surface area (Å²) >= 11 is 8.50. The number of aryl methyl sites for hydroxylation is 2. The molecule has 2 fully saturated rings. The number of carbonyl (C=O) groups excluding carboxylic acids is 3. The monoisotopic (exact) mass is 823 g/mol. The molecular formula is C43H58ClN5O7S. The summed E-state index contributed by atoms with van der Waals surface area (Å²) in [5.41, 5.74) is 3.65. The van der Waals surface area contributed by atoms with Crippen LogP contribution >= 0.6 is 22.9 Å². The highest BCUT2D eigenvalue weighted by Crippen LogP contribution is 2.40. The smallest absolute Gasteiger partial charge is 0.273 e. The number of ether oxygens (including phenoxy) is 3. The van der Waals surface area contributed by atoms with Crippen LogP contribution in [0.25, 0.3) is 0 Å². The van der Waals surface area contributed by atoms with Crippen LogP contribution in [0.4, 0.5) is 5.69 Å². The second kappa shape index (κ2) is 20.3. The zero-order valence-corrected chi connectivity index (χ0v) is 35.2. The molecule has 0 bridgehead atoms. The summed E-state index contributed by atoms with van der Waals surface area (Å²) in [5.74, 6) is 0.379. The first-order valence-corrected chi connectivity index (χ1v) is 21.9. The molecule has 2 saturated heterocycles. The van der Waals surface area contributed by atoms with Gasteiger partial charge in [0, 0.05) is 49.2 Å².